The van der Waals surface area contributed by atoms with Gasteiger partial charge in [0.1, 0.15) is 5.69 Å². The van der Waals surface area contributed by atoms with Gasteiger partial charge in [-0.15, -0.1) is 0 Å². The van der Waals surface area contributed by atoms with E-state index >= 15 is 0 Å². The molecule has 0 aromatic carbocycles. The van der Waals surface area contributed by atoms with Crippen molar-refractivity contribution in [2.24, 2.45) is 7.05 Å². The third-order valence-corrected chi connectivity index (χ3v) is 4.27. The van der Waals surface area contributed by atoms with Crippen LogP contribution in [0, 0.1) is 6.92 Å². The van der Waals surface area contributed by atoms with E-state index in [1.54, 1.807) is 23.9 Å². The minimum atomic E-state index is -0.144. The number of halogens is 1. The van der Waals surface area contributed by atoms with Crippen LogP contribution in [0.3, 0.4) is 0 Å². The van der Waals surface area contributed by atoms with Gasteiger partial charge in [-0.25, -0.2) is 0 Å². The molecule has 7 heteroatoms. The van der Waals surface area contributed by atoms with Crippen LogP contribution in [-0.4, -0.2) is 32.3 Å². The topological polar surface area (TPSA) is 64.2 Å². The average molecular weight is 323 g/mol. The Bertz CT molecular complexity index is 679. The Morgan fingerprint density at radius 1 is 1.41 bits per heavy atom. The lowest BCUT2D eigenvalue weighted by molar-refractivity contribution is 0.0634. The van der Waals surface area contributed by atoms with Gasteiger partial charge in [-0.2, -0.15) is 5.10 Å². The van der Waals surface area contributed by atoms with Crippen LogP contribution in [0.2, 0.25) is 5.02 Å². The third kappa shape index (κ3) is 2.88. The van der Waals surface area contributed by atoms with Gasteiger partial charge in [-0.1, -0.05) is 29.6 Å². The Balaban J connectivity index is 1.94. The van der Waals surface area contributed by atoms with Crippen LogP contribution in [0.15, 0.2) is 16.8 Å². The first-order chi connectivity index (χ1) is 10.6. The largest absolute Gasteiger partial charge is 0.351 e. The molecule has 2 aromatic rings. The first kappa shape index (κ1) is 15.1. The van der Waals surface area contributed by atoms with E-state index in [-0.39, 0.29) is 17.7 Å². The van der Waals surface area contributed by atoms with Crippen molar-refractivity contribution in [2.75, 3.05) is 6.54 Å². The second kappa shape index (κ2) is 6.12. The molecule has 3 heterocycles. The molecule has 2 aromatic heterocycles. The molecule has 118 valence electrons. The van der Waals surface area contributed by atoms with Crippen LogP contribution in [0.1, 0.15) is 53.7 Å². The molecule has 1 saturated heterocycles. The van der Waals surface area contributed by atoms with Crippen molar-refractivity contribution < 1.29 is 9.32 Å². The number of aryl methyl sites for hydroxylation is 2. The Hall–Kier alpha value is -1.82. The number of nitrogens with zero attached hydrogens (tertiary/aromatic N) is 4. The van der Waals surface area contributed by atoms with Gasteiger partial charge in [-0.3, -0.25) is 9.48 Å². The number of carbonyl (C=O) groups is 1. The maximum absolute atomic E-state index is 12.8. The first-order valence-corrected chi connectivity index (χ1v) is 7.87. The van der Waals surface area contributed by atoms with Crippen LogP contribution in [0.5, 0.6) is 0 Å². The summed E-state index contributed by atoms with van der Waals surface area (Å²) >= 11 is 6.29. The number of carbonyl (C=O) groups excluding carboxylic acids is 1. The van der Waals surface area contributed by atoms with Crippen molar-refractivity contribution >= 4 is 17.5 Å². The van der Waals surface area contributed by atoms with Crippen LogP contribution < -0.4 is 0 Å². The molecular formula is C15H19ClN4O2. The molecule has 1 aliphatic rings. The van der Waals surface area contributed by atoms with Gasteiger partial charge in [0.15, 0.2) is 0 Å². The summed E-state index contributed by atoms with van der Waals surface area (Å²) in [5.41, 5.74) is 1.46. The molecule has 1 unspecified atom stereocenters. The Morgan fingerprint density at radius 3 is 2.86 bits per heavy atom. The third-order valence-electron chi connectivity index (χ3n) is 3.98. The van der Waals surface area contributed by atoms with E-state index < -0.39 is 0 Å². The number of rotatable bonds is 2. The summed E-state index contributed by atoms with van der Waals surface area (Å²) in [5, 5.41) is 8.86. The minimum absolute atomic E-state index is 0.117. The Kier molecular flexibility index (Phi) is 4.20. The molecule has 1 aliphatic heterocycles. The molecule has 0 aliphatic carbocycles. The molecule has 0 spiro atoms. The zero-order valence-electron chi connectivity index (χ0n) is 12.8. The summed E-state index contributed by atoms with van der Waals surface area (Å²) in [6.45, 7) is 2.48. The number of hydrogen-bond acceptors (Lipinski definition) is 4. The van der Waals surface area contributed by atoms with Gasteiger partial charge in [0.2, 0.25) is 5.76 Å². The van der Waals surface area contributed by atoms with Gasteiger partial charge >= 0.3 is 0 Å². The summed E-state index contributed by atoms with van der Waals surface area (Å²) in [4.78, 5) is 14.6. The molecule has 1 amide bonds. The lowest BCUT2D eigenvalue weighted by Gasteiger charge is -2.28. The first-order valence-electron chi connectivity index (χ1n) is 7.49. The highest BCUT2D eigenvalue weighted by molar-refractivity contribution is 6.31. The Labute approximate surface area is 134 Å². The highest BCUT2D eigenvalue weighted by atomic mass is 35.5. The summed E-state index contributed by atoms with van der Waals surface area (Å²) in [6.07, 6.45) is 5.75. The maximum atomic E-state index is 12.8. The molecule has 3 rings (SSSR count). The van der Waals surface area contributed by atoms with Crippen molar-refractivity contribution in [3.05, 3.63) is 34.4 Å². The van der Waals surface area contributed by atoms with E-state index in [1.165, 1.54) is 0 Å². The van der Waals surface area contributed by atoms with Crippen molar-refractivity contribution in [1.82, 2.24) is 19.8 Å². The number of likely N-dealkylation sites (tertiary alicyclic amines) is 1. The average Bonchev–Trinajstić information content (AvgIpc) is 2.95. The molecule has 22 heavy (non-hydrogen) atoms. The van der Waals surface area contributed by atoms with Crippen molar-refractivity contribution in [3.8, 4) is 0 Å². The van der Waals surface area contributed by atoms with E-state index in [2.05, 4.69) is 10.3 Å². The van der Waals surface area contributed by atoms with Gasteiger partial charge in [0.25, 0.3) is 5.91 Å². The lowest BCUT2D eigenvalue weighted by Crippen LogP contribution is -2.35. The normalized spacial score (nSPS) is 19.2. The van der Waals surface area contributed by atoms with Crippen LogP contribution in [0.25, 0.3) is 0 Å². The van der Waals surface area contributed by atoms with E-state index in [1.807, 2.05) is 11.9 Å². The van der Waals surface area contributed by atoms with Gasteiger partial charge in [0.05, 0.1) is 16.8 Å². The van der Waals surface area contributed by atoms with Crippen molar-refractivity contribution in [3.63, 3.8) is 0 Å². The maximum Gasteiger partial charge on any atom is 0.293 e. The van der Waals surface area contributed by atoms with Gasteiger partial charge in [0, 0.05) is 25.9 Å². The predicted octanol–water partition coefficient (Wildman–Crippen LogP) is 3.13. The highest BCUT2D eigenvalue weighted by Gasteiger charge is 2.32. The lowest BCUT2D eigenvalue weighted by atomic mass is 10.1. The summed E-state index contributed by atoms with van der Waals surface area (Å²) in [7, 11) is 1.83. The van der Waals surface area contributed by atoms with Crippen LogP contribution in [-0.2, 0) is 7.05 Å². The fourth-order valence-electron chi connectivity index (χ4n) is 2.94. The number of amides is 1. The van der Waals surface area contributed by atoms with Crippen LogP contribution in [0.4, 0.5) is 0 Å². The second-order valence-corrected chi connectivity index (χ2v) is 6.14. The van der Waals surface area contributed by atoms with E-state index in [0.717, 1.165) is 31.4 Å². The molecule has 0 radical (unpaired) electrons. The van der Waals surface area contributed by atoms with Crippen molar-refractivity contribution in [2.45, 2.75) is 38.6 Å². The predicted molar refractivity (Wildman–Crippen MR) is 81.7 cm³/mol. The quantitative estimate of drug-likeness (QED) is 0.852. The van der Waals surface area contributed by atoms with Gasteiger partial charge in [-0.05, 0) is 19.8 Å². The minimum Gasteiger partial charge on any atom is -0.351 e. The standard InChI is InChI=1S/C15H19ClN4O2/c1-10-8-13(22-18-10)15(21)20-7-5-3-4-6-12(20)14-11(16)9-19(2)17-14/h8-9,12H,3-7H2,1-2H3. The molecule has 0 bridgehead atoms. The monoisotopic (exact) mass is 322 g/mol. The second-order valence-electron chi connectivity index (χ2n) is 5.73. The fraction of sp³-hybridized carbons (Fsp3) is 0.533. The summed E-state index contributed by atoms with van der Waals surface area (Å²) in [5.74, 6) is 0.130. The Morgan fingerprint density at radius 2 is 2.23 bits per heavy atom. The van der Waals surface area contributed by atoms with E-state index in [0.29, 0.717) is 17.3 Å². The summed E-state index contributed by atoms with van der Waals surface area (Å²) < 4.78 is 6.82. The molecule has 0 N–H and O–H groups in total. The molecule has 1 atom stereocenters. The number of hydrogen-bond donors (Lipinski definition) is 0. The smallest absolute Gasteiger partial charge is 0.293 e. The number of aromatic nitrogens is 3. The zero-order chi connectivity index (χ0) is 15.7. The molecular weight excluding hydrogens is 304 g/mol. The van der Waals surface area contributed by atoms with Crippen molar-refractivity contribution in [1.29, 1.82) is 0 Å². The van der Waals surface area contributed by atoms with E-state index in [4.69, 9.17) is 16.1 Å². The summed E-state index contributed by atoms with van der Waals surface area (Å²) in [6, 6.07) is 1.55. The molecule has 1 fully saturated rings. The molecule has 0 saturated carbocycles. The van der Waals surface area contributed by atoms with Gasteiger partial charge < -0.3 is 9.42 Å². The zero-order valence-corrected chi connectivity index (χ0v) is 13.5. The molecule has 6 nitrogen and oxygen atoms in total. The van der Waals surface area contributed by atoms with E-state index in [9.17, 15) is 4.79 Å². The van der Waals surface area contributed by atoms with Crippen LogP contribution >= 0.6 is 11.6 Å². The SMILES string of the molecule is Cc1cc(C(=O)N2CCCCCC2c2nn(C)cc2Cl)on1. The highest BCUT2D eigenvalue weighted by Crippen LogP contribution is 2.34. The fourth-order valence-corrected chi connectivity index (χ4v) is 3.25.